The first-order chi connectivity index (χ1) is 18.6. The number of aliphatic imine (C=N–C) groups is 1. The molecule has 0 fully saturated rings. The molecule has 0 bridgehead atoms. The molecule has 0 spiro atoms. The molecule has 1 aliphatic heterocycles. The van der Waals surface area contributed by atoms with Crippen molar-refractivity contribution < 1.29 is 13.2 Å². The fourth-order valence-corrected chi connectivity index (χ4v) is 5.56. The Bertz CT molecular complexity index is 1540. The van der Waals surface area contributed by atoms with Gasteiger partial charge in [0.15, 0.2) is 0 Å². The summed E-state index contributed by atoms with van der Waals surface area (Å²) in [5.41, 5.74) is 5.06. The van der Waals surface area contributed by atoms with Gasteiger partial charge in [-0.25, -0.2) is 5.01 Å². The summed E-state index contributed by atoms with van der Waals surface area (Å²) < 4.78 is 38.9. The van der Waals surface area contributed by atoms with Gasteiger partial charge in [-0.2, -0.15) is 23.3 Å². The van der Waals surface area contributed by atoms with E-state index in [1.165, 1.54) is 29.0 Å². The molecule has 3 aromatic carbocycles. The van der Waals surface area contributed by atoms with Gasteiger partial charge in [0, 0.05) is 5.69 Å². The van der Waals surface area contributed by atoms with Crippen LogP contribution in [0, 0.1) is 20.8 Å². The molecule has 0 saturated carbocycles. The van der Waals surface area contributed by atoms with E-state index in [0.717, 1.165) is 44.6 Å². The Kier molecular flexibility index (Phi) is 7.46. The number of hydrogen-bond acceptors (Lipinski definition) is 6. The SMILES string of the molecule is CC1=NN(C(=Nc2nnc(C)s2)Nc2ccc(C)c(C)c2)C(c2ccc(-c3ccc(C(F)(F)F)cc3)cc2)S1. The quantitative estimate of drug-likeness (QED) is 0.199. The third kappa shape index (κ3) is 6.15. The van der Waals surface area contributed by atoms with E-state index in [9.17, 15) is 13.2 Å². The smallest absolute Gasteiger partial charge is 0.324 e. The lowest BCUT2D eigenvalue weighted by Gasteiger charge is -2.25. The summed E-state index contributed by atoms with van der Waals surface area (Å²) in [4.78, 5) is 4.78. The third-order valence-corrected chi connectivity index (χ3v) is 8.04. The van der Waals surface area contributed by atoms with E-state index < -0.39 is 11.7 Å². The molecule has 39 heavy (non-hydrogen) atoms. The Morgan fingerprint density at radius 1 is 0.872 bits per heavy atom. The number of alkyl halides is 3. The van der Waals surface area contributed by atoms with Gasteiger partial charge in [-0.3, -0.25) is 0 Å². The van der Waals surface area contributed by atoms with Crippen molar-refractivity contribution in [3.05, 3.63) is 94.0 Å². The molecule has 0 saturated heterocycles. The van der Waals surface area contributed by atoms with Crippen LogP contribution in [-0.2, 0) is 6.18 Å². The Labute approximate surface area is 232 Å². The molecule has 1 aliphatic rings. The van der Waals surface area contributed by atoms with Crippen molar-refractivity contribution in [2.24, 2.45) is 10.1 Å². The number of nitrogens with one attached hydrogen (secondary N) is 1. The van der Waals surface area contributed by atoms with Gasteiger partial charge in [-0.05, 0) is 79.8 Å². The first-order valence-corrected chi connectivity index (χ1v) is 13.8. The van der Waals surface area contributed by atoms with Crippen molar-refractivity contribution in [3.63, 3.8) is 0 Å². The second-order valence-corrected chi connectivity index (χ2v) is 11.5. The van der Waals surface area contributed by atoms with Gasteiger partial charge in [0.05, 0.1) is 10.6 Å². The van der Waals surface area contributed by atoms with Crippen molar-refractivity contribution in [1.29, 1.82) is 0 Å². The maximum atomic E-state index is 13.0. The van der Waals surface area contributed by atoms with E-state index in [-0.39, 0.29) is 5.37 Å². The zero-order valence-corrected chi connectivity index (χ0v) is 23.2. The molecule has 0 aliphatic carbocycles. The third-order valence-electron chi connectivity index (χ3n) is 6.19. The van der Waals surface area contributed by atoms with Crippen molar-refractivity contribution in [3.8, 4) is 11.1 Å². The van der Waals surface area contributed by atoms with Crippen LogP contribution in [0.2, 0.25) is 0 Å². The number of guanidine groups is 1. The minimum Gasteiger partial charge on any atom is -0.324 e. The van der Waals surface area contributed by atoms with Crippen LogP contribution in [-0.4, -0.2) is 26.2 Å². The lowest BCUT2D eigenvalue weighted by atomic mass is 10.0. The van der Waals surface area contributed by atoms with Crippen LogP contribution >= 0.6 is 23.1 Å². The van der Waals surface area contributed by atoms with Gasteiger partial charge in [-0.15, -0.1) is 10.2 Å². The van der Waals surface area contributed by atoms with Gasteiger partial charge in [-0.1, -0.05) is 65.6 Å². The number of aromatic nitrogens is 2. The number of hydrogen-bond donors (Lipinski definition) is 1. The summed E-state index contributed by atoms with van der Waals surface area (Å²) in [6.45, 7) is 7.94. The van der Waals surface area contributed by atoms with Crippen LogP contribution in [0.4, 0.5) is 24.0 Å². The zero-order chi connectivity index (χ0) is 27.7. The summed E-state index contributed by atoms with van der Waals surface area (Å²) in [5, 5.41) is 20.3. The van der Waals surface area contributed by atoms with Gasteiger partial charge < -0.3 is 5.32 Å². The Morgan fingerprint density at radius 3 is 2.13 bits per heavy atom. The summed E-state index contributed by atoms with van der Waals surface area (Å²) in [6.07, 6.45) is -4.36. The van der Waals surface area contributed by atoms with Gasteiger partial charge >= 0.3 is 6.18 Å². The predicted molar refractivity (Wildman–Crippen MR) is 153 cm³/mol. The number of nitrogens with zero attached hydrogens (tertiary/aromatic N) is 5. The van der Waals surface area contributed by atoms with Crippen LogP contribution in [0.1, 0.15) is 39.6 Å². The molecule has 1 atom stereocenters. The van der Waals surface area contributed by atoms with E-state index in [2.05, 4.69) is 41.5 Å². The fourth-order valence-electron chi connectivity index (χ4n) is 4.01. The molecular formula is C28H25F3N6S2. The molecule has 1 N–H and O–H groups in total. The number of anilines is 1. The van der Waals surface area contributed by atoms with Crippen molar-refractivity contribution in [1.82, 2.24) is 15.2 Å². The van der Waals surface area contributed by atoms with E-state index in [4.69, 9.17) is 10.1 Å². The number of thioether (sulfide) groups is 1. The maximum absolute atomic E-state index is 13.0. The Morgan fingerprint density at radius 2 is 1.54 bits per heavy atom. The molecule has 2 heterocycles. The Hall–Kier alpha value is -3.70. The number of rotatable bonds is 4. The summed E-state index contributed by atoms with van der Waals surface area (Å²) in [5.74, 6) is 0.510. The standard InChI is InChI=1S/C28H25F3N6S2/c1-16-5-14-24(15-17(16)2)32-26(33-27-35-34-18(3)39-27)37-25(38-19(4)36-37)22-8-6-20(7-9-22)21-10-12-23(13-11-21)28(29,30)31/h5-15,25H,1-4H3,(H,32,33,35). The Balaban J connectivity index is 1.45. The molecule has 5 rings (SSSR count). The maximum Gasteiger partial charge on any atom is 0.416 e. The average Bonchev–Trinajstić information content (AvgIpc) is 3.50. The van der Waals surface area contributed by atoms with E-state index >= 15 is 0 Å². The summed E-state index contributed by atoms with van der Waals surface area (Å²) in [7, 11) is 0. The molecule has 4 aromatic rings. The minimum atomic E-state index is -4.36. The van der Waals surface area contributed by atoms with Crippen LogP contribution in [0.3, 0.4) is 0 Å². The highest BCUT2D eigenvalue weighted by atomic mass is 32.2. The zero-order valence-electron chi connectivity index (χ0n) is 21.6. The number of aryl methyl sites for hydroxylation is 3. The highest BCUT2D eigenvalue weighted by Gasteiger charge is 2.32. The van der Waals surface area contributed by atoms with Crippen LogP contribution in [0.25, 0.3) is 11.1 Å². The van der Waals surface area contributed by atoms with Crippen LogP contribution < -0.4 is 5.32 Å². The number of halogens is 3. The molecule has 0 radical (unpaired) electrons. The van der Waals surface area contributed by atoms with Gasteiger partial charge in [0.25, 0.3) is 0 Å². The summed E-state index contributed by atoms with van der Waals surface area (Å²) in [6, 6.07) is 19.0. The van der Waals surface area contributed by atoms with E-state index in [1.54, 1.807) is 11.8 Å². The second kappa shape index (κ2) is 10.8. The largest absolute Gasteiger partial charge is 0.416 e. The van der Waals surface area contributed by atoms with Crippen LogP contribution in [0.5, 0.6) is 0 Å². The number of benzene rings is 3. The molecule has 1 aromatic heterocycles. The van der Waals surface area contributed by atoms with E-state index in [1.807, 2.05) is 49.2 Å². The van der Waals surface area contributed by atoms with Crippen molar-refractivity contribution in [2.45, 2.75) is 39.2 Å². The first-order valence-electron chi connectivity index (χ1n) is 12.1. The topological polar surface area (TPSA) is 65.8 Å². The molecule has 11 heteroatoms. The number of hydrazone groups is 1. The molecule has 6 nitrogen and oxygen atoms in total. The normalized spacial score (nSPS) is 16.0. The molecule has 0 amide bonds. The van der Waals surface area contributed by atoms with Crippen LogP contribution in [0.15, 0.2) is 76.8 Å². The predicted octanol–water partition coefficient (Wildman–Crippen LogP) is 8.33. The second-order valence-electron chi connectivity index (χ2n) is 9.09. The summed E-state index contributed by atoms with van der Waals surface area (Å²) >= 11 is 2.98. The molecule has 1 unspecified atom stereocenters. The minimum absolute atomic E-state index is 0.210. The van der Waals surface area contributed by atoms with Gasteiger partial charge in [0.1, 0.15) is 10.4 Å². The van der Waals surface area contributed by atoms with Gasteiger partial charge in [0.2, 0.25) is 11.1 Å². The lowest BCUT2D eigenvalue weighted by molar-refractivity contribution is -0.137. The fraction of sp³-hybridized carbons (Fsp3) is 0.214. The average molecular weight is 567 g/mol. The molecular weight excluding hydrogens is 541 g/mol. The molecule has 200 valence electrons. The monoisotopic (exact) mass is 566 g/mol. The van der Waals surface area contributed by atoms with Crippen molar-refractivity contribution >= 4 is 44.9 Å². The highest BCUT2D eigenvalue weighted by molar-refractivity contribution is 8.14. The highest BCUT2D eigenvalue weighted by Crippen LogP contribution is 2.41. The lowest BCUT2D eigenvalue weighted by Crippen LogP contribution is -2.32. The van der Waals surface area contributed by atoms with E-state index in [0.29, 0.717) is 16.7 Å². The van der Waals surface area contributed by atoms with Crippen molar-refractivity contribution in [2.75, 3.05) is 5.32 Å². The first kappa shape index (κ1) is 26.9.